The van der Waals surface area contributed by atoms with Gasteiger partial charge < -0.3 is 20.5 Å². The minimum Gasteiger partial charge on any atom is -0.480 e. The number of carbonyl (C=O) groups is 3. The van der Waals surface area contributed by atoms with Gasteiger partial charge >= 0.3 is 5.97 Å². The van der Waals surface area contributed by atoms with Crippen LogP contribution in [0.5, 0.6) is 11.5 Å². The third kappa shape index (κ3) is 9.37. The summed E-state index contributed by atoms with van der Waals surface area (Å²) in [7, 11) is 0. The summed E-state index contributed by atoms with van der Waals surface area (Å²) in [5, 5.41) is 15.0. The van der Waals surface area contributed by atoms with Gasteiger partial charge in [-0.25, -0.2) is 4.79 Å². The Morgan fingerprint density at radius 2 is 1.44 bits per heavy atom. The lowest BCUT2D eigenvalue weighted by atomic mass is 10.1. The highest BCUT2D eigenvalue weighted by molar-refractivity contribution is 9.10. The van der Waals surface area contributed by atoms with Crippen molar-refractivity contribution in [3.05, 3.63) is 136 Å². The molecule has 0 unspecified atom stereocenters. The molecule has 0 spiro atoms. The van der Waals surface area contributed by atoms with E-state index in [4.69, 9.17) is 4.74 Å². The zero-order valence-corrected chi connectivity index (χ0v) is 24.2. The third-order valence-corrected chi connectivity index (χ3v) is 7.40. The number of nitrogens with one attached hydrogen (secondary N) is 2. The van der Waals surface area contributed by atoms with E-state index < -0.39 is 23.8 Å². The predicted octanol–water partition coefficient (Wildman–Crippen LogP) is 6.52. The van der Waals surface area contributed by atoms with Gasteiger partial charge in [0.25, 0.3) is 11.8 Å². The highest BCUT2D eigenvalue weighted by Gasteiger charge is 2.23. The van der Waals surface area contributed by atoms with E-state index in [2.05, 4.69) is 26.6 Å². The molecule has 0 aliphatic heterocycles. The van der Waals surface area contributed by atoms with Crippen LogP contribution in [0.25, 0.3) is 6.08 Å². The number of hydrogen-bond donors (Lipinski definition) is 3. The van der Waals surface area contributed by atoms with Crippen LogP contribution in [0.3, 0.4) is 0 Å². The fraction of sp³-hybridized carbons (Fsp3) is 0.0938. The third-order valence-electron chi connectivity index (χ3n) is 5.77. The van der Waals surface area contributed by atoms with E-state index in [9.17, 15) is 19.5 Å². The van der Waals surface area contributed by atoms with Crippen molar-refractivity contribution in [1.82, 2.24) is 10.6 Å². The molecule has 4 aromatic carbocycles. The quantitative estimate of drug-likeness (QED) is 0.154. The first-order valence-electron chi connectivity index (χ1n) is 12.6. The monoisotopic (exact) mass is 630 g/mol. The van der Waals surface area contributed by atoms with E-state index in [1.165, 1.54) is 17.8 Å². The normalized spacial score (nSPS) is 11.8. The molecule has 3 N–H and O–H groups in total. The molecule has 0 aliphatic carbocycles. The zero-order valence-electron chi connectivity index (χ0n) is 21.8. The molecule has 9 heteroatoms. The second kappa shape index (κ2) is 14.9. The number of thioether (sulfide) groups is 1. The van der Waals surface area contributed by atoms with Crippen molar-refractivity contribution < 1.29 is 24.2 Å². The van der Waals surface area contributed by atoms with E-state index in [-0.39, 0.29) is 11.4 Å². The number of amides is 2. The van der Waals surface area contributed by atoms with Gasteiger partial charge in [0.15, 0.2) is 0 Å². The molecular formula is C32H27BrN2O5S. The molecule has 0 fully saturated rings. The Hall–Kier alpha value is -4.34. The van der Waals surface area contributed by atoms with Crippen LogP contribution in [-0.2, 0) is 15.3 Å². The van der Waals surface area contributed by atoms with Gasteiger partial charge in [-0.3, -0.25) is 9.59 Å². The Labute approximate surface area is 250 Å². The number of hydrogen-bond acceptors (Lipinski definition) is 5. The van der Waals surface area contributed by atoms with Gasteiger partial charge in [0.05, 0.1) is 0 Å². The maximum absolute atomic E-state index is 13.3. The SMILES string of the molecule is O=C(N[C@@H](CSCc1ccccc1)C(=O)O)C(=Cc1ccc(Oc2ccccc2)cc1)NC(=O)c1ccc(Br)cc1. The lowest BCUT2D eigenvalue weighted by molar-refractivity contribution is -0.140. The molecule has 0 saturated carbocycles. The van der Waals surface area contributed by atoms with Gasteiger partial charge in [0.1, 0.15) is 23.2 Å². The van der Waals surface area contributed by atoms with Crippen LogP contribution in [0.4, 0.5) is 0 Å². The first kappa shape index (κ1) is 29.6. The van der Waals surface area contributed by atoms with Crippen molar-refractivity contribution in [2.75, 3.05) is 5.75 Å². The maximum Gasteiger partial charge on any atom is 0.327 e. The Balaban J connectivity index is 1.51. The topological polar surface area (TPSA) is 105 Å². The molecule has 0 bridgehead atoms. The minimum absolute atomic E-state index is 0.0889. The van der Waals surface area contributed by atoms with Crippen molar-refractivity contribution in [2.24, 2.45) is 0 Å². The number of benzene rings is 4. The fourth-order valence-electron chi connectivity index (χ4n) is 3.66. The number of carboxylic acid groups (broad SMARTS) is 1. The summed E-state index contributed by atoms with van der Waals surface area (Å²) in [5.74, 6) is -0.362. The predicted molar refractivity (Wildman–Crippen MR) is 165 cm³/mol. The summed E-state index contributed by atoms with van der Waals surface area (Å²) in [6, 6.07) is 31.4. The smallest absolute Gasteiger partial charge is 0.327 e. The lowest BCUT2D eigenvalue weighted by Crippen LogP contribution is -2.45. The molecule has 7 nitrogen and oxygen atoms in total. The molecule has 1 atom stereocenters. The molecule has 0 saturated heterocycles. The number of rotatable bonds is 12. The Morgan fingerprint density at radius 3 is 2.07 bits per heavy atom. The molecule has 0 heterocycles. The van der Waals surface area contributed by atoms with Gasteiger partial charge in [0, 0.05) is 21.5 Å². The lowest BCUT2D eigenvalue weighted by Gasteiger charge is -2.17. The van der Waals surface area contributed by atoms with Crippen molar-refractivity contribution >= 4 is 51.6 Å². The minimum atomic E-state index is -1.17. The van der Waals surface area contributed by atoms with E-state index >= 15 is 0 Å². The Bertz CT molecular complexity index is 1500. The number of ether oxygens (including phenoxy) is 1. The van der Waals surface area contributed by atoms with Crippen LogP contribution < -0.4 is 15.4 Å². The van der Waals surface area contributed by atoms with Crippen molar-refractivity contribution in [3.8, 4) is 11.5 Å². The first-order valence-corrected chi connectivity index (χ1v) is 14.6. The van der Waals surface area contributed by atoms with Crippen molar-refractivity contribution in [3.63, 3.8) is 0 Å². The molecule has 0 aromatic heterocycles. The summed E-state index contributed by atoms with van der Waals surface area (Å²) in [6.45, 7) is 0. The molecule has 41 heavy (non-hydrogen) atoms. The summed E-state index contributed by atoms with van der Waals surface area (Å²) in [6.07, 6.45) is 1.49. The van der Waals surface area contributed by atoms with E-state index in [1.807, 2.05) is 60.7 Å². The number of aliphatic carboxylic acids is 1. The van der Waals surface area contributed by atoms with Crippen molar-refractivity contribution in [1.29, 1.82) is 0 Å². The number of halogens is 1. The summed E-state index contributed by atoms with van der Waals surface area (Å²) in [4.78, 5) is 38.3. The number of carbonyl (C=O) groups excluding carboxylic acids is 2. The molecule has 0 aliphatic rings. The molecular weight excluding hydrogens is 604 g/mol. The average Bonchev–Trinajstić information content (AvgIpc) is 2.98. The molecule has 208 valence electrons. The second-order valence-electron chi connectivity index (χ2n) is 8.87. The maximum atomic E-state index is 13.3. The largest absolute Gasteiger partial charge is 0.480 e. The van der Waals surface area contributed by atoms with Crippen LogP contribution in [0, 0.1) is 0 Å². The van der Waals surface area contributed by atoms with Gasteiger partial charge in [-0.15, -0.1) is 0 Å². The van der Waals surface area contributed by atoms with Gasteiger partial charge in [0.2, 0.25) is 0 Å². The van der Waals surface area contributed by atoms with E-state index in [0.29, 0.717) is 28.4 Å². The Kier molecular flexibility index (Phi) is 10.8. The molecule has 4 rings (SSSR count). The molecule has 2 amide bonds. The van der Waals surface area contributed by atoms with Crippen molar-refractivity contribution in [2.45, 2.75) is 11.8 Å². The van der Waals surface area contributed by atoms with Gasteiger partial charge in [-0.05, 0) is 65.7 Å². The van der Waals surface area contributed by atoms with E-state index in [0.717, 1.165) is 10.0 Å². The Morgan fingerprint density at radius 1 is 0.829 bits per heavy atom. The highest BCUT2D eigenvalue weighted by Crippen LogP contribution is 2.22. The summed E-state index contributed by atoms with van der Waals surface area (Å²) >= 11 is 4.73. The fourth-order valence-corrected chi connectivity index (χ4v) is 4.93. The highest BCUT2D eigenvalue weighted by atomic mass is 79.9. The summed E-state index contributed by atoms with van der Waals surface area (Å²) in [5.41, 5.74) is 1.91. The number of carboxylic acids is 1. The van der Waals surface area contributed by atoms with Crippen LogP contribution in [-0.4, -0.2) is 34.7 Å². The van der Waals surface area contributed by atoms with E-state index in [1.54, 1.807) is 48.5 Å². The summed E-state index contributed by atoms with van der Waals surface area (Å²) < 4.78 is 6.63. The van der Waals surface area contributed by atoms with Gasteiger partial charge in [-0.2, -0.15) is 11.8 Å². The average molecular weight is 632 g/mol. The standard InChI is InChI=1S/C32H27BrN2O5S/c33-25-15-13-24(14-16-25)30(36)34-28(19-22-11-17-27(18-12-22)40-26-9-5-2-6-10-26)31(37)35-29(32(38)39)21-41-20-23-7-3-1-4-8-23/h1-19,29H,20-21H2,(H,34,36)(H,35,37)(H,38,39)/t29-/m0/s1. The molecule has 4 aromatic rings. The van der Waals surface area contributed by atoms with Crippen LogP contribution >= 0.6 is 27.7 Å². The van der Waals surface area contributed by atoms with Crippen LogP contribution in [0.1, 0.15) is 21.5 Å². The first-order chi connectivity index (χ1) is 19.9. The number of para-hydroxylation sites is 1. The second-order valence-corrected chi connectivity index (χ2v) is 10.8. The van der Waals surface area contributed by atoms with Gasteiger partial charge in [-0.1, -0.05) is 76.6 Å². The van der Waals surface area contributed by atoms with Crippen LogP contribution in [0.15, 0.2) is 119 Å². The zero-order chi connectivity index (χ0) is 29.0. The molecule has 0 radical (unpaired) electrons. The van der Waals surface area contributed by atoms with Crippen LogP contribution in [0.2, 0.25) is 0 Å².